The second-order valence-corrected chi connectivity index (χ2v) is 7.27. The molecular formula is C18H16N4S2. The van der Waals surface area contributed by atoms with E-state index >= 15 is 0 Å². The number of nitrogens with one attached hydrogen (secondary N) is 1. The van der Waals surface area contributed by atoms with Gasteiger partial charge >= 0.3 is 0 Å². The number of anilines is 1. The summed E-state index contributed by atoms with van der Waals surface area (Å²) in [7, 11) is 2.08. The number of para-hydroxylation sites is 1. The van der Waals surface area contributed by atoms with E-state index in [-0.39, 0.29) is 0 Å². The fraction of sp³-hybridized carbons (Fsp3) is 0.111. The molecule has 0 bridgehead atoms. The number of thiazole rings is 1. The number of hydrazone groups is 1. The van der Waals surface area contributed by atoms with Crippen LogP contribution in [0.25, 0.3) is 21.5 Å². The Morgan fingerprint density at radius 1 is 1.17 bits per heavy atom. The maximum Gasteiger partial charge on any atom is 0.203 e. The van der Waals surface area contributed by atoms with Gasteiger partial charge in [0.05, 0.1) is 16.8 Å². The first-order valence-electron chi connectivity index (χ1n) is 7.56. The van der Waals surface area contributed by atoms with Crippen LogP contribution < -0.4 is 5.43 Å². The minimum atomic E-state index is 0.799. The van der Waals surface area contributed by atoms with Crippen molar-refractivity contribution in [2.24, 2.45) is 12.1 Å². The van der Waals surface area contributed by atoms with E-state index < -0.39 is 0 Å². The Morgan fingerprint density at radius 3 is 2.88 bits per heavy atom. The van der Waals surface area contributed by atoms with Crippen LogP contribution >= 0.6 is 22.7 Å². The summed E-state index contributed by atoms with van der Waals surface area (Å²) in [5.74, 6) is 0. The number of aryl methyl sites for hydroxylation is 1. The van der Waals surface area contributed by atoms with Crippen LogP contribution in [-0.4, -0.2) is 15.8 Å². The molecule has 0 aliphatic rings. The van der Waals surface area contributed by atoms with Crippen molar-refractivity contribution in [2.45, 2.75) is 6.92 Å². The third kappa shape index (κ3) is 2.64. The van der Waals surface area contributed by atoms with Crippen molar-refractivity contribution in [1.29, 1.82) is 0 Å². The third-order valence-corrected chi connectivity index (χ3v) is 5.72. The number of fused-ring (bicyclic) bond motifs is 1. The summed E-state index contributed by atoms with van der Waals surface area (Å²) in [5, 5.41) is 10.5. The van der Waals surface area contributed by atoms with E-state index in [1.807, 2.05) is 17.7 Å². The fourth-order valence-electron chi connectivity index (χ4n) is 2.73. The van der Waals surface area contributed by atoms with Crippen molar-refractivity contribution >= 4 is 44.9 Å². The number of nitrogens with zero attached hydrogens (tertiary/aromatic N) is 3. The van der Waals surface area contributed by atoms with Crippen molar-refractivity contribution < 1.29 is 0 Å². The molecule has 4 rings (SSSR count). The predicted molar refractivity (Wildman–Crippen MR) is 104 cm³/mol. The topological polar surface area (TPSA) is 42.2 Å². The SMILES string of the molecule is Cc1c(/C=N\Nc2nc(-c3cccs3)cs2)c2ccccc2n1C. The van der Waals surface area contributed by atoms with E-state index in [1.54, 1.807) is 22.7 Å². The molecule has 1 aromatic carbocycles. The highest BCUT2D eigenvalue weighted by atomic mass is 32.1. The zero-order valence-corrected chi connectivity index (χ0v) is 15.0. The summed E-state index contributed by atoms with van der Waals surface area (Å²) in [6.07, 6.45) is 1.88. The highest BCUT2D eigenvalue weighted by molar-refractivity contribution is 7.15. The second kappa shape index (κ2) is 6.22. The molecular weight excluding hydrogens is 336 g/mol. The zero-order valence-electron chi connectivity index (χ0n) is 13.4. The molecule has 3 heterocycles. The molecule has 0 spiro atoms. The van der Waals surface area contributed by atoms with Gasteiger partial charge in [0.25, 0.3) is 0 Å². The van der Waals surface area contributed by atoms with Crippen LogP contribution in [0.3, 0.4) is 0 Å². The Bertz CT molecular complexity index is 1010. The van der Waals surface area contributed by atoms with Crippen molar-refractivity contribution in [3.63, 3.8) is 0 Å². The monoisotopic (exact) mass is 352 g/mol. The maximum atomic E-state index is 4.57. The fourth-order valence-corrected chi connectivity index (χ4v) is 4.15. The Hall–Kier alpha value is -2.44. The van der Waals surface area contributed by atoms with Gasteiger partial charge in [-0.25, -0.2) is 4.98 Å². The van der Waals surface area contributed by atoms with Gasteiger partial charge in [-0.1, -0.05) is 24.3 Å². The molecule has 24 heavy (non-hydrogen) atoms. The molecule has 0 atom stereocenters. The number of hydrogen-bond acceptors (Lipinski definition) is 5. The van der Waals surface area contributed by atoms with E-state index in [0.717, 1.165) is 16.4 Å². The smallest absolute Gasteiger partial charge is 0.203 e. The van der Waals surface area contributed by atoms with Crippen LogP contribution in [-0.2, 0) is 7.05 Å². The lowest BCUT2D eigenvalue weighted by Crippen LogP contribution is -1.94. The largest absolute Gasteiger partial charge is 0.347 e. The molecule has 0 saturated carbocycles. The van der Waals surface area contributed by atoms with Gasteiger partial charge in [0.15, 0.2) is 0 Å². The van der Waals surface area contributed by atoms with Crippen LogP contribution in [0.4, 0.5) is 5.13 Å². The van der Waals surface area contributed by atoms with Crippen molar-refractivity contribution in [1.82, 2.24) is 9.55 Å². The van der Waals surface area contributed by atoms with Crippen LogP contribution in [0, 0.1) is 6.92 Å². The quantitative estimate of drug-likeness (QED) is 0.409. The van der Waals surface area contributed by atoms with Gasteiger partial charge in [-0.2, -0.15) is 5.10 Å². The molecule has 0 aliphatic carbocycles. The van der Waals surface area contributed by atoms with Crippen LogP contribution in [0.2, 0.25) is 0 Å². The molecule has 4 aromatic rings. The number of aromatic nitrogens is 2. The van der Waals surface area contributed by atoms with Crippen molar-refractivity contribution in [3.05, 3.63) is 58.4 Å². The summed E-state index contributed by atoms with van der Waals surface area (Å²) in [6, 6.07) is 12.5. The van der Waals surface area contributed by atoms with Crippen LogP contribution in [0.15, 0.2) is 52.3 Å². The normalized spacial score (nSPS) is 11.6. The average Bonchev–Trinajstić information content (AvgIpc) is 3.32. The summed E-state index contributed by atoms with van der Waals surface area (Å²) in [6.45, 7) is 2.11. The van der Waals surface area contributed by atoms with Crippen molar-refractivity contribution in [3.8, 4) is 10.6 Å². The second-order valence-electron chi connectivity index (χ2n) is 5.46. The molecule has 0 saturated heterocycles. The first-order valence-corrected chi connectivity index (χ1v) is 9.32. The minimum absolute atomic E-state index is 0.799. The van der Waals surface area contributed by atoms with Gasteiger partial charge in [0.2, 0.25) is 5.13 Å². The number of hydrogen-bond donors (Lipinski definition) is 1. The first-order chi connectivity index (χ1) is 11.7. The molecule has 1 N–H and O–H groups in total. The van der Waals surface area contributed by atoms with Gasteiger partial charge in [-0.15, -0.1) is 22.7 Å². The lowest BCUT2D eigenvalue weighted by molar-refractivity contribution is 0.916. The number of rotatable bonds is 4. The molecule has 0 aliphatic heterocycles. The molecule has 6 heteroatoms. The van der Waals surface area contributed by atoms with Gasteiger partial charge < -0.3 is 4.57 Å². The number of benzene rings is 1. The molecule has 0 amide bonds. The lowest BCUT2D eigenvalue weighted by atomic mass is 10.1. The molecule has 0 radical (unpaired) electrons. The molecule has 0 unspecified atom stereocenters. The molecule has 3 aromatic heterocycles. The highest BCUT2D eigenvalue weighted by Gasteiger charge is 2.09. The van der Waals surface area contributed by atoms with E-state index in [4.69, 9.17) is 0 Å². The summed E-state index contributed by atoms with van der Waals surface area (Å²) in [5.41, 5.74) is 7.59. The lowest BCUT2D eigenvalue weighted by Gasteiger charge is -1.97. The zero-order chi connectivity index (χ0) is 16.5. The van der Waals surface area contributed by atoms with E-state index in [0.29, 0.717) is 0 Å². The van der Waals surface area contributed by atoms with Crippen LogP contribution in [0.1, 0.15) is 11.3 Å². The van der Waals surface area contributed by atoms with E-state index in [2.05, 4.69) is 69.8 Å². The Morgan fingerprint density at radius 2 is 2.04 bits per heavy atom. The minimum Gasteiger partial charge on any atom is -0.347 e. The summed E-state index contributed by atoms with van der Waals surface area (Å²) in [4.78, 5) is 5.75. The molecule has 0 fully saturated rings. The summed E-state index contributed by atoms with van der Waals surface area (Å²) >= 11 is 3.25. The van der Waals surface area contributed by atoms with Crippen molar-refractivity contribution in [2.75, 3.05) is 5.43 Å². The highest BCUT2D eigenvalue weighted by Crippen LogP contribution is 2.28. The van der Waals surface area contributed by atoms with E-state index in [9.17, 15) is 0 Å². The van der Waals surface area contributed by atoms with E-state index in [1.165, 1.54) is 21.5 Å². The Labute approximate surface area is 148 Å². The van der Waals surface area contributed by atoms with Crippen LogP contribution in [0.5, 0.6) is 0 Å². The average molecular weight is 352 g/mol. The van der Waals surface area contributed by atoms with Gasteiger partial charge in [0, 0.05) is 34.6 Å². The Kier molecular flexibility index (Phi) is 3.92. The maximum absolute atomic E-state index is 4.57. The molecule has 4 nitrogen and oxygen atoms in total. The standard InChI is InChI=1S/C18H16N4S2/c1-12-14(13-6-3-4-7-16(13)22(12)2)10-19-21-18-20-15(11-24-18)17-8-5-9-23-17/h3-11H,1-2H3,(H,20,21)/b19-10-. The third-order valence-electron chi connectivity index (χ3n) is 4.08. The number of thiophene rings is 1. The van der Waals surface area contributed by atoms with Gasteiger partial charge in [-0.3, -0.25) is 5.43 Å². The van der Waals surface area contributed by atoms with Gasteiger partial charge in [0.1, 0.15) is 0 Å². The van der Waals surface area contributed by atoms with Gasteiger partial charge in [-0.05, 0) is 24.4 Å². The first kappa shape index (κ1) is 15.1. The molecule has 120 valence electrons. The predicted octanol–water partition coefficient (Wildman–Crippen LogP) is 5.12. The summed E-state index contributed by atoms with van der Waals surface area (Å²) < 4.78 is 2.19. The Balaban J connectivity index is 1.57.